The summed E-state index contributed by atoms with van der Waals surface area (Å²) in [4.78, 5) is 24.6. The summed E-state index contributed by atoms with van der Waals surface area (Å²) in [5.41, 5.74) is 0.983. The van der Waals surface area contributed by atoms with Crippen molar-refractivity contribution in [3.05, 3.63) is 34.3 Å². The molecule has 0 fully saturated rings. The SMILES string of the molecule is CCCCC(NC(=O)N(C)Cc1ccc(Br)cc1)C(=O)O. The zero-order chi connectivity index (χ0) is 15.8. The maximum Gasteiger partial charge on any atom is 0.326 e. The summed E-state index contributed by atoms with van der Waals surface area (Å²) < 4.78 is 0.976. The first-order chi connectivity index (χ1) is 9.93. The van der Waals surface area contributed by atoms with E-state index in [0.29, 0.717) is 13.0 Å². The van der Waals surface area contributed by atoms with Gasteiger partial charge in [-0.25, -0.2) is 9.59 Å². The van der Waals surface area contributed by atoms with Crippen molar-refractivity contribution in [1.82, 2.24) is 10.2 Å². The van der Waals surface area contributed by atoms with E-state index < -0.39 is 12.0 Å². The molecule has 0 aromatic heterocycles. The van der Waals surface area contributed by atoms with Gasteiger partial charge in [0, 0.05) is 18.1 Å². The fourth-order valence-corrected chi connectivity index (χ4v) is 2.12. The molecule has 1 aromatic carbocycles. The van der Waals surface area contributed by atoms with Crippen molar-refractivity contribution >= 4 is 27.9 Å². The minimum atomic E-state index is -0.992. The normalized spacial score (nSPS) is 11.8. The summed E-state index contributed by atoms with van der Waals surface area (Å²) in [5.74, 6) is -0.992. The van der Waals surface area contributed by atoms with E-state index in [1.165, 1.54) is 4.90 Å². The van der Waals surface area contributed by atoms with E-state index in [1.54, 1.807) is 7.05 Å². The molecule has 1 unspecified atom stereocenters. The molecule has 1 aromatic rings. The van der Waals surface area contributed by atoms with Crippen LogP contribution in [0.1, 0.15) is 31.7 Å². The van der Waals surface area contributed by atoms with Gasteiger partial charge in [-0.05, 0) is 24.1 Å². The van der Waals surface area contributed by atoms with E-state index in [-0.39, 0.29) is 6.03 Å². The van der Waals surface area contributed by atoms with Crippen LogP contribution >= 0.6 is 15.9 Å². The molecule has 0 saturated heterocycles. The number of urea groups is 1. The van der Waals surface area contributed by atoms with Crippen molar-refractivity contribution in [2.75, 3.05) is 7.05 Å². The number of carboxylic acids is 1. The molecule has 6 heteroatoms. The molecule has 1 atom stereocenters. The quantitative estimate of drug-likeness (QED) is 0.787. The van der Waals surface area contributed by atoms with E-state index in [4.69, 9.17) is 5.11 Å². The van der Waals surface area contributed by atoms with Crippen LogP contribution in [-0.2, 0) is 11.3 Å². The van der Waals surface area contributed by atoms with Crippen molar-refractivity contribution in [3.8, 4) is 0 Å². The molecule has 116 valence electrons. The average Bonchev–Trinajstić information content (AvgIpc) is 2.45. The van der Waals surface area contributed by atoms with Gasteiger partial charge in [-0.3, -0.25) is 0 Å². The number of rotatable bonds is 7. The molecule has 5 nitrogen and oxygen atoms in total. The minimum absolute atomic E-state index is 0.374. The molecule has 0 saturated carbocycles. The monoisotopic (exact) mass is 356 g/mol. The number of nitrogens with one attached hydrogen (secondary N) is 1. The Morgan fingerprint density at radius 1 is 1.33 bits per heavy atom. The molecule has 0 radical (unpaired) electrons. The van der Waals surface area contributed by atoms with Gasteiger partial charge in [0.15, 0.2) is 0 Å². The molecular formula is C15H21BrN2O3. The van der Waals surface area contributed by atoms with E-state index in [2.05, 4.69) is 21.2 Å². The molecule has 2 amide bonds. The summed E-state index contributed by atoms with van der Waals surface area (Å²) >= 11 is 3.36. The standard InChI is InChI=1S/C15H21BrN2O3/c1-3-4-5-13(14(19)20)17-15(21)18(2)10-11-6-8-12(16)9-7-11/h6-9,13H,3-5,10H2,1-2H3,(H,17,21)(H,19,20). The molecule has 21 heavy (non-hydrogen) atoms. The zero-order valence-electron chi connectivity index (χ0n) is 12.3. The topological polar surface area (TPSA) is 69.6 Å². The van der Waals surface area contributed by atoms with Crippen LogP contribution in [0.4, 0.5) is 4.79 Å². The van der Waals surface area contributed by atoms with Gasteiger partial charge in [-0.15, -0.1) is 0 Å². The lowest BCUT2D eigenvalue weighted by Crippen LogP contribution is -2.46. The second-order valence-corrected chi connectivity index (χ2v) is 5.88. The Kier molecular flexibility index (Phi) is 7.22. The maximum absolute atomic E-state index is 12.0. The molecule has 0 spiro atoms. The second kappa shape index (κ2) is 8.67. The number of hydrogen-bond acceptors (Lipinski definition) is 2. The highest BCUT2D eigenvalue weighted by molar-refractivity contribution is 9.10. The number of amides is 2. The highest BCUT2D eigenvalue weighted by Crippen LogP contribution is 2.12. The highest BCUT2D eigenvalue weighted by atomic mass is 79.9. The summed E-state index contributed by atoms with van der Waals surface area (Å²) in [6.07, 6.45) is 2.12. The van der Waals surface area contributed by atoms with Crippen LogP contribution in [0, 0.1) is 0 Å². The number of carboxylic acid groups (broad SMARTS) is 1. The summed E-state index contributed by atoms with van der Waals surface area (Å²) in [7, 11) is 1.65. The van der Waals surface area contributed by atoms with Gasteiger partial charge < -0.3 is 15.3 Å². The number of hydrogen-bond donors (Lipinski definition) is 2. The van der Waals surface area contributed by atoms with Gasteiger partial charge in [0.2, 0.25) is 0 Å². The smallest absolute Gasteiger partial charge is 0.326 e. The third kappa shape index (κ3) is 6.16. The molecule has 0 bridgehead atoms. The molecule has 1 rings (SSSR count). The number of nitrogens with zero attached hydrogens (tertiary/aromatic N) is 1. The fraction of sp³-hybridized carbons (Fsp3) is 0.467. The summed E-state index contributed by atoms with van der Waals surface area (Å²) in [6.45, 7) is 2.42. The first-order valence-corrected chi connectivity index (χ1v) is 7.72. The number of unbranched alkanes of at least 4 members (excludes halogenated alkanes) is 1. The molecule has 0 heterocycles. The Hall–Kier alpha value is -1.56. The third-order valence-electron chi connectivity index (χ3n) is 3.12. The summed E-state index contributed by atoms with van der Waals surface area (Å²) in [6, 6.07) is 6.44. The molecule has 0 aliphatic heterocycles. The van der Waals surface area contributed by atoms with Crippen LogP contribution < -0.4 is 5.32 Å². The number of benzene rings is 1. The van der Waals surface area contributed by atoms with Crippen LogP contribution in [-0.4, -0.2) is 35.1 Å². The van der Waals surface area contributed by atoms with Crippen molar-refractivity contribution < 1.29 is 14.7 Å². The minimum Gasteiger partial charge on any atom is -0.480 e. The molecule has 0 aliphatic rings. The molecule has 2 N–H and O–H groups in total. The highest BCUT2D eigenvalue weighted by Gasteiger charge is 2.21. The van der Waals surface area contributed by atoms with Gasteiger partial charge in [0.05, 0.1) is 0 Å². The Labute approximate surface area is 133 Å². The van der Waals surface area contributed by atoms with Crippen molar-refractivity contribution in [3.63, 3.8) is 0 Å². The maximum atomic E-state index is 12.0. The fourth-order valence-electron chi connectivity index (χ4n) is 1.86. The van der Waals surface area contributed by atoms with Crippen LogP contribution in [0.15, 0.2) is 28.7 Å². The van der Waals surface area contributed by atoms with Crippen LogP contribution in [0.25, 0.3) is 0 Å². The van der Waals surface area contributed by atoms with Gasteiger partial charge in [-0.1, -0.05) is 47.8 Å². The lowest BCUT2D eigenvalue weighted by molar-refractivity contribution is -0.139. The Morgan fingerprint density at radius 2 is 1.95 bits per heavy atom. The molecule has 0 aliphatic carbocycles. The predicted octanol–water partition coefficient (Wildman–Crippen LogP) is 3.23. The van der Waals surface area contributed by atoms with Crippen LogP contribution in [0.5, 0.6) is 0 Å². The van der Waals surface area contributed by atoms with Crippen LogP contribution in [0.2, 0.25) is 0 Å². The number of carbonyl (C=O) groups is 2. The largest absolute Gasteiger partial charge is 0.480 e. The van der Waals surface area contributed by atoms with Crippen molar-refractivity contribution in [2.45, 2.75) is 38.8 Å². The van der Waals surface area contributed by atoms with E-state index in [1.807, 2.05) is 31.2 Å². The van der Waals surface area contributed by atoms with Gasteiger partial charge in [-0.2, -0.15) is 0 Å². The predicted molar refractivity (Wildman–Crippen MR) is 85.1 cm³/mol. The summed E-state index contributed by atoms with van der Waals surface area (Å²) in [5, 5.41) is 11.7. The Bertz CT molecular complexity index is 476. The van der Waals surface area contributed by atoms with Gasteiger partial charge in [0.1, 0.15) is 6.04 Å². The first kappa shape index (κ1) is 17.5. The van der Waals surface area contributed by atoms with Gasteiger partial charge >= 0.3 is 12.0 Å². The Morgan fingerprint density at radius 3 is 2.48 bits per heavy atom. The van der Waals surface area contributed by atoms with Crippen molar-refractivity contribution in [2.24, 2.45) is 0 Å². The lowest BCUT2D eigenvalue weighted by atomic mass is 10.1. The average molecular weight is 357 g/mol. The first-order valence-electron chi connectivity index (χ1n) is 6.93. The Balaban J connectivity index is 2.56. The van der Waals surface area contributed by atoms with E-state index in [9.17, 15) is 9.59 Å². The van der Waals surface area contributed by atoms with E-state index in [0.717, 1.165) is 22.9 Å². The third-order valence-corrected chi connectivity index (χ3v) is 3.65. The zero-order valence-corrected chi connectivity index (χ0v) is 13.9. The van der Waals surface area contributed by atoms with E-state index >= 15 is 0 Å². The van der Waals surface area contributed by atoms with Gasteiger partial charge in [0.25, 0.3) is 0 Å². The number of carbonyl (C=O) groups excluding carboxylic acids is 1. The van der Waals surface area contributed by atoms with Crippen molar-refractivity contribution in [1.29, 1.82) is 0 Å². The second-order valence-electron chi connectivity index (χ2n) is 4.97. The number of aliphatic carboxylic acids is 1. The lowest BCUT2D eigenvalue weighted by Gasteiger charge is -2.21. The van der Waals surface area contributed by atoms with Crippen LogP contribution in [0.3, 0.4) is 0 Å². The molecular weight excluding hydrogens is 336 g/mol. The number of halogens is 1.